The average molecular weight is 267 g/mol. The zero-order chi connectivity index (χ0) is 13.2. The predicted octanol–water partition coefficient (Wildman–Crippen LogP) is 4.49. The van der Waals surface area contributed by atoms with Crippen LogP contribution in [0.1, 0.15) is 5.56 Å². The monoisotopic (exact) mass is 267 g/mol. The lowest BCUT2D eigenvalue weighted by molar-refractivity contribution is 0.477. The first-order chi connectivity index (χ1) is 9.24. The smallest absolute Gasteiger partial charge is 0.125 e. The van der Waals surface area contributed by atoms with E-state index in [0.29, 0.717) is 0 Å². The van der Waals surface area contributed by atoms with E-state index in [1.165, 1.54) is 0 Å². The Hall–Kier alpha value is -2.13. The van der Waals surface area contributed by atoms with E-state index >= 15 is 0 Å². The molecule has 0 aliphatic heterocycles. The first-order valence-electron chi connectivity index (χ1n) is 6.05. The minimum absolute atomic E-state index is 0.274. The second-order valence-corrected chi connectivity index (χ2v) is 5.28. The second-order valence-electron chi connectivity index (χ2n) is 4.42. The van der Waals surface area contributed by atoms with Gasteiger partial charge in [0.05, 0.1) is 5.69 Å². The van der Waals surface area contributed by atoms with E-state index in [-0.39, 0.29) is 5.75 Å². The highest BCUT2D eigenvalue weighted by atomic mass is 32.1. The van der Waals surface area contributed by atoms with E-state index < -0.39 is 0 Å². The van der Waals surface area contributed by atoms with Crippen molar-refractivity contribution in [3.63, 3.8) is 0 Å². The predicted molar refractivity (Wildman–Crippen MR) is 79.4 cm³/mol. The van der Waals surface area contributed by atoms with Gasteiger partial charge in [-0.05, 0) is 19.1 Å². The molecule has 0 spiro atoms. The van der Waals surface area contributed by atoms with Crippen LogP contribution in [0.2, 0.25) is 0 Å². The third-order valence-electron chi connectivity index (χ3n) is 2.95. The van der Waals surface area contributed by atoms with Crippen LogP contribution in [-0.4, -0.2) is 10.1 Å². The van der Waals surface area contributed by atoms with Crippen molar-refractivity contribution in [1.29, 1.82) is 0 Å². The van der Waals surface area contributed by atoms with Gasteiger partial charge in [-0.15, -0.1) is 11.3 Å². The largest absolute Gasteiger partial charge is 0.507 e. The fourth-order valence-electron chi connectivity index (χ4n) is 1.97. The number of thiazole rings is 1. The Morgan fingerprint density at radius 1 is 1.05 bits per heavy atom. The zero-order valence-corrected chi connectivity index (χ0v) is 11.3. The summed E-state index contributed by atoms with van der Waals surface area (Å²) in [5, 5.41) is 12.9. The van der Waals surface area contributed by atoms with Crippen LogP contribution in [0.15, 0.2) is 53.9 Å². The van der Waals surface area contributed by atoms with Gasteiger partial charge in [0.2, 0.25) is 0 Å². The van der Waals surface area contributed by atoms with Gasteiger partial charge in [-0.2, -0.15) is 0 Å². The highest BCUT2D eigenvalue weighted by Crippen LogP contribution is 2.33. The number of aromatic nitrogens is 1. The molecule has 19 heavy (non-hydrogen) atoms. The van der Waals surface area contributed by atoms with Crippen LogP contribution in [0.4, 0.5) is 0 Å². The summed E-state index contributed by atoms with van der Waals surface area (Å²) < 4.78 is 0. The second kappa shape index (κ2) is 4.86. The minimum Gasteiger partial charge on any atom is -0.507 e. The van der Waals surface area contributed by atoms with E-state index in [4.69, 9.17) is 0 Å². The summed E-state index contributed by atoms with van der Waals surface area (Å²) in [5.41, 5.74) is 3.83. The minimum atomic E-state index is 0.274. The molecule has 0 unspecified atom stereocenters. The van der Waals surface area contributed by atoms with Crippen molar-refractivity contribution < 1.29 is 5.11 Å². The maximum absolute atomic E-state index is 9.93. The van der Waals surface area contributed by atoms with E-state index in [2.05, 4.69) is 4.98 Å². The van der Waals surface area contributed by atoms with Crippen molar-refractivity contribution >= 4 is 11.3 Å². The highest BCUT2D eigenvalue weighted by Gasteiger charge is 2.10. The van der Waals surface area contributed by atoms with E-state index in [1.54, 1.807) is 17.4 Å². The van der Waals surface area contributed by atoms with Crippen LogP contribution in [0.5, 0.6) is 5.75 Å². The zero-order valence-electron chi connectivity index (χ0n) is 10.5. The molecule has 0 atom stereocenters. The molecule has 0 radical (unpaired) electrons. The summed E-state index contributed by atoms with van der Waals surface area (Å²) >= 11 is 1.59. The standard InChI is InChI=1S/C16H13NOS/c1-11-7-8-15(18)13(9-11)14-10-19-16(17-14)12-5-3-2-4-6-12/h2-10,18H,1H3. The van der Waals surface area contributed by atoms with Crippen LogP contribution in [-0.2, 0) is 0 Å². The van der Waals surface area contributed by atoms with E-state index in [1.807, 2.05) is 54.8 Å². The molecule has 2 aromatic carbocycles. The van der Waals surface area contributed by atoms with Crippen molar-refractivity contribution in [2.24, 2.45) is 0 Å². The van der Waals surface area contributed by atoms with Gasteiger partial charge in [-0.3, -0.25) is 0 Å². The first kappa shape index (κ1) is 11.9. The molecule has 0 fully saturated rings. The summed E-state index contributed by atoms with van der Waals surface area (Å²) in [7, 11) is 0. The summed E-state index contributed by atoms with van der Waals surface area (Å²) in [4.78, 5) is 4.61. The Morgan fingerprint density at radius 3 is 2.63 bits per heavy atom. The number of hydrogen-bond donors (Lipinski definition) is 1. The molecule has 94 valence electrons. The Labute approximate surface area is 116 Å². The van der Waals surface area contributed by atoms with Crippen LogP contribution in [0.3, 0.4) is 0 Å². The molecule has 3 heteroatoms. The van der Waals surface area contributed by atoms with Crippen molar-refractivity contribution in [2.45, 2.75) is 6.92 Å². The number of aromatic hydroxyl groups is 1. The maximum atomic E-state index is 9.93. The normalized spacial score (nSPS) is 10.6. The molecule has 3 aromatic rings. The number of hydrogen-bond acceptors (Lipinski definition) is 3. The SMILES string of the molecule is Cc1ccc(O)c(-c2csc(-c3ccccc3)n2)c1. The molecule has 0 aliphatic rings. The van der Waals surface area contributed by atoms with Crippen LogP contribution >= 0.6 is 11.3 Å². The molecule has 0 saturated heterocycles. The highest BCUT2D eigenvalue weighted by molar-refractivity contribution is 7.13. The molecule has 2 nitrogen and oxygen atoms in total. The van der Waals surface area contributed by atoms with Gasteiger partial charge in [-0.1, -0.05) is 42.0 Å². The topological polar surface area (TPSA) is 33.1 Å². The summed E-state index contributed by atoms with van der Waals surface area (Å²) in [6.07, 6.45) is 0. The number of aryl methyl sites for hydroxylation is 1. The lowest BCUT2D eigenvalue weighted by atomic mass is 10.1. The average Bonchev–Trinajstić information content (AvgIpc) is 2.92. The van der Waals surface area contributed by atoms with Gasteiger partial charge in [-0.25, -0.2) is 4.98 Å². The lowest BCUT2D eigenvalue weighted by Crippen LogP contribution is -1.82. The van der Waals surface area contributed by atoms with Crippen molar-refractivity contribution in [3.05, 3.63) is 59.5 Å². The number of phenolic OH excluding ortho intramolecular Hbond substituents is 1. The lowest BCUT2D eigenvalue weighted by Gasteiger charge is -2.02. The molecule has 1 N–H and O–H groups in total. The Kier molecular flexibility index (Phi) is 3.05. The third-order valence-corrected chi connectivity index (χ3v) is 3.84. The molecular weight excluding hydrogens is 254 g/mol. The van der Waals surface area contributed by atoms with Gasteiger partial charge in [0.1, 0.15) is 10.8 Å². The molecule has 0 bridgehead atoms. The molecule has 0 amide bonds. The van der Waals surface area contributed by atoms with Gasteiger partial charge < -0.3 is 5.11 Å². The summed E-state index contributed by atoms with van der Waals surface area (Å²) in [6.45, 7) is 2.01. The Balaban J connectivity index is 2.04. The molecule has 3 rings (SSSR count). The maximum Gasteiger partial charge on any atom is 0.125 e. The van der Waals surface area contributed by atoms with Gasteiger partial charge >= 0.3 is 0 Å². The van der Waals surface area contributed by atoms with Crippen LogP contribution in [0, 0.1) is 6.92 Å². The molecule has 1 heterocycles. The number of phenols is 1. The third kappa shape index (κ3) is 2.37. The number of benzene rings is 2. The van der Waals surface area contributed by atoms with Crippen molar-refractivity contribution in [2.75, 3.05) is 0 Å². The molecule has 0 aliphatic carbocycles. The fraction of sp³-hybridized carbons (Fsp3) is 0.0625. The van der Waals surface area contributed by atoms with Gasteiger partial charge in [0.15, 0.2) is 0 Å². The Morgan fingerprint density at radius 2 is 1.84 bits per heavy atom. The van der Waals surface area contributed by atoms with E-state index in [0.717, 1.165) is 27.4 Å². The quantitative estimate of drug-likeness (QED) is 0.742. The number of rotatable bonds is 2. The van der Waals surface area contributed by atoms with Crippen molar-refractivity contribution in [3.8, 4) is 27.6 Å². The summed E-state index contributed by atoms with van der Waals surface area (Å²) in [6, 6.07) is 15.6. The van der Waals surface area contributed by atoms with E-state index in [9.17, 15) is 5.11 Å². The number of nitrogens with zero attached hydrogens (tertiary/aromatic N) is 1. The molecule has 1 aromatic heterocycles. The summed E-state index contributed by atoms with van der Waals surface area (Å²) in [5.74, 6) is 0.274. The molecule has 0 saturated carbocycles. The fourth-order valence-corrected chi connectivity index (χ4v) is 2.79. The Bertz CT molecular complexity index is 704. The molecular formula is C16H13NOS. The van der Waals surface area contributed by atoms with Gasteiger partial charge in [0, 0.05) is 16.5 Å². The van der Waals surface area contributed by atoms with Crippen molar-refractivity contribution in [1.82, 2.24) is 4.98 Å². The first-order valence-corrected chi connectivity index (χ1v) is 6.93. The van der Waals surface area contributed by atoms with Crippen LogP contribution < -0.4 is 0 Å². The van der Waals surface area contributed by atoms with Gasteiger partial charge in [0.25, 0.3) is 0 Å². The van der Waals surface area contributed by atoms with Crippen LogP contribution in [0.25, 0.3) is 21.8 Å².